The molecule has 0 fully saturated rings. The van der Waals surface area contributed by atoms with Crippen molar-refractivity contribution < 1.29 is 9.59 Å². The second kappa shape index (κ2) is 10.1. The summed E-state index contributed by atoms with van der Waals surface area (Å²) in [4.78, 5) is 24.5. The van der Waals surface area contributed by atoms with E-state index in [2.05, 4.69) is 24.5 Å². The third kappa shape index (κ3) is 7.02. The van der Waals surface area contributed by atoms with Gasteiger partial charge in [-0.3, -0.25) is 9.59 Å². The van der Waals surface area contributed by atoms with Gasteiger partial charge in [-0.15, -0.1) is 0 Å². The summed E-state index contributed by atoms with van der Waals surface area (Å²) in [6.45, 7) is 5.84. The van der Waals surface area contributed by atoms with E-state index in [0.29, 0.717) is 21.7 Å². The lowest BCUT2D eigenvalue weighted by Crippen LogP contribution is -2.47. The van der Waals surface area contributed by atoms with Gasteiger partial charge in [0.15, 0.2) is 0 Å². The average Bonchev–Trinajstić information content (AvgIpc) is 2.48. The van der Waals surface area contributed by atoms with Gasteiger partial charge in [0.25, 0.3) is 5.91 Å². The highest BCUT2D eigenvalue weighted by Crippen LogP contribution is 2.20. The van der Waals surface area contributed by atoms with E-state index >= 15 is 0 Å². The average molecular weight is 376 g/mol. The van der Waals surface area contributed by atoms with Crippen molar-refractivity contribution in [1.82, 2.24) is 10.6 Å². The Kier molecular flexibility index (Phi) is 8.81. The number of hydrogen-bond acceptors (Lipinski definition) is 3. The largest absolute Gasteiger partial charge is 0.349 e. The van der Waals surface area contributed by atoms with Crippen molar-refractivity contribution in [3.8, 4) is 0 Å². The molecule has 1 radical (unpaired) electrons. The fourth-order valence-corrected chi connectivity index (χ4v) is 2.70. The van der Waals surface area contributed by atoms with Crippen LogP contribution in [0.25, 0.3) is 0 Å². The van der Waals surface area contributed by atoms with Gasteiger partial charge in [0.05, 0.1) is 10.6 Å². The number of benzene rings is 1. The van der Waals surface area contributed by atoms with Crippen molar-refractivity contribution in [2.45, 2.75) is 26.3 Å². The van der Waals surface area contributed by atoms with Gasteiger partial charge in [-0.1, -0.05) is 37.0 Å². The molecule has 2 N–H and O–H groups in total. The molecule has 1 aromatic rings. The number of nitrogens with one attached hydrogen (secondary N) is 2. The van der Waals surface area contributed by atoms with Crippen LogP contribution in [0.15, 0.2) is 18.2 Å². The minimum Gasteiger partial charge on any atom is -0.349 e. The van der Waals surface area contributed by atoms with Crippen LogP contribution in [0.1, 0.15) is 30.6 Å². The number of rotatable bonds is 8. The molecule has 23 heavy (non-hydrogen) atoms. The molecular weight excluding hydrogens is 355 g/mol. The van der Waals surface area contributed by atoms with Gasteiger partial charge in [-0.25, -0.2) is 0 Å². The predicted octanol–water partition coefficient (Wildman–Crippen LogP) is 3.78. The standard InChI is InChI=1S/C16H21Cl2N2O2S/c1-10(2)6-7-19-16(22)14(9-23-3)20-15(21)12-8-11(17)4-5-13(12)18/h4-5,7-8,10,14H,6,9H2,1-3H3,(H,19,22)(H,20,21)/t14-/m0/s1. The van der Waals surface area contributed by atoms with Crippen molar-refractivity contribution in [2.75, 3.05) is 12.0 Å². The highest BCUT2D eigenvalue weighted by Gasteiger charge is 2.22. The Morgan fingerprint density at radius 2 is 2.00 bits per heavy atom. The molecule has 0 spiro atoms. The van der Waals surface area contributed by atoms with Crippen LogP contribution in [-0.4, -0.2) is 29.9 Å². The van der Waals surface area contributed by atoms with E-state index in [1.165, 1.54) is 17.8 Å². The van der Waals surface area contributed by atoms with E-state index in [1.807, 2.05) is 6.26 Å². The SMILES string of the molecule is CSC[C@H](NC(=O)c1cc(Cl)ccc1Cl)C(=O)N[CH]CC(C)C. The number of thioether (sulfide) groups is 1. The summed E-state index contributed by atoms with van der Waals surface area (Å²) in [6.07, 6.45) is 2.64. The zero-order valence-electron chi connectivity index (χ0n) is 13.4. The highest BCUT2D eigenvalue weighted by atomic mass is 35.5. The first kappa shape index (κ1) is 20.1. The monoisotopic (exact) mass is 375 g/mol. The van der Waals surface area contributed by atoms with Crippen LogP contribution in [0.5, 0.6) is 0 Å². The summed E-state index contributed by atoms with van der Waals surface area (Å²) in [5.74, 6) is 0.252. The Morgan fingerprint density at radius 1 is 1.30 bits per heavy atom. The molecule has 0 saturated heterocycles. The predicted molar refractivity (Wildman–Crippen MR) is 98.0 cm³/mol. The van der Waals surface area contributed by atoms with Crippen molar-refractivity contribution >= 4 is 46.8 Å². The number of hydrogen-bond donors (Lipinski definition) is 2. The molecule has 0 bridgehead atoms. The third-order valence-corrected chi connectivity index (χ3v) is 4.19. The van der Waals surface area contributed by atoms with Crippen LogP contribution in [0, 0.1) is 12.5 Å². The Labute approximate surface area is 151 Å². The molecule has 1 rings (SSSR count). The molecule has 4 nitrogen and oxygen atoms in total. The van der Waals surface area contributed by atoms with Gasteiger partial charge in [0.1, 0.15) is 6.04 Å². The van der Waals surface area contributed by atoms with E-state index < -0.39 is 11.9 Å². The Balaban J connectivity index is 2.72. The Bertz CT molecular complexity index is 553. The van der Waals surface area contributed by atoms with Gasteiger partial charge in [-0.2, -0.15) is 11.8 Å². The summed E-state index contributed by atoms with van der Waals surface area (Å²) in [6, 6.07) is 4.00. The Morgan fingerprint density at radius 3 is 2.61 bits per heavy atom. The van der Waals surface area contributed by atoms with Crippen LogP contribution in [0.2, 0.25) is 10.0 Å². The maximum absolute atomic E-state index is 12.3. The zero-order chi connectivity index (χ0) is 17.4. The lowest BCUT2D eigenvalue weighted by molar-refractivity contribution is -0.121. The second-order valence-electron chi connectivity index (χ2n) is 5.45. The maximum Gasteiger partial charge on any atom is 0.253 e. The quantitative estimate of drug-likeness (QED) is 0.726. The summed E-state index contributed by atoms with van der Waals surface area (Å²) in [5, 5.41) is 6.14. The molecule has 1 aromatic carbocycles. The fraction of sp³-hybridized carbons (Fsp3) is 0.438. The first-order valence-corrected chi connectivity index (χ1v) is 9.37. The zero-order valence-corrected chi connectivity index (χ0v) is 15.7. The number of carbonyl (C=O) groups excluding carboxylic acids is 2. The lowest BCUT2D eigenvalue weighted by atomic mass is 10.1. The molecule has 0 aliphatic rings. The molecule has 7 heteroatoms. The number of amides is 2. The van der Waals surface area contributed by atoms with Crippen LogP contribution < -0.4 is 10.6 Å². The van der Waals surface area contributed by atoms with E-state index in [-0.39, 0.29) is 11.5 Å². The molecular formula is C16H21Cl2N2O2S. The van der Waals surface area contributed by atoms with Gasteiger partial charge < -0.3 is 10.6 Å². The highest BCUT2D eigenvalue weighted by molar-refractivity contribution is 7.98. The van der Waals surface area contributed by atoms with E-state index in [0.717, 1.165) is 6.42 Å². The van der Waals surface area contributed by atoms with Gasteiger partial charge >= 0.3 is 0 Å². The molecule has 0 aliphatic heterocycles. The molecule has 0 heterocycles. The topological polar surface area (TPSA) is 58.2 Å². The van der Waals surface area contributed by atoms with E-state index in [4.69, 9.17) is 23.2 Å². The van der Waals surface area contributed by atoms with Crippen molar-refractivity contribution in [3.63, 3.8) is 0 Å². The van der Waals surface area contributed by atoms with Gasteiger partial charge in [0.2, 0.25) is 5.91 Å². The van der Waals surface area contributed by atoms with Crippen LogP contribution in [0.3, 0.4) is 0 Å². The van der Waals surface area contributed by atoms with Gasteiger partial charge in [0, 0.05) is 17.3 Å². The summed E-state index contributed by atoms with van der Waals surface area (Å²) in [7, 11) is 0. The molecule has 0 aliphatic carbocycles. The summed E-state index contributed by atoms with van der Waals surface area (Å²) in [5.41, 5.74) is 0.254. The summed E-state index contributed by atoms with van der Waals surface area (Å²) < 4.78 is 0. The number of halogens is 2. The smallest absolute Gasteiger partial charge is 0.253 e. The normalized spacial score (nSPS) is 12.1. The van der Waals surface area contributed by atoms with Crippen LogP contribution in [0.4, 0.5) is 0 Å². The fourth-order valence-electron chi connectivity index (χ4n) is 1.75. The van der Waals surface area contributed by atoms with Gasteiger partial charge in [-0.05, 0) is 36.8 Å². The Hall–Kier alpha value is -0.910. The molecule has 0 aromatic heterocycles. The molecule has 0 unspecified atom stereocenters. The first-order valence-electron chi connectivity index (χ1n) is 7.22. The first-order chi connectivity index (χ1) is 10.8. The van der Waals surface area contributed by atoms with E-state index in [1.54, 1.807) is 18.7 Å². The minimum absolute atomic E-state index is 0.244. The van der Waals surface area contributed by atoms with Crippen LogP contribution in [-0.2, 0) is 4.79 Å². The minimum atomic E-state index is -0.643. The number of carbonyl (C=O) groups is 2. The van der Waals surface area contributed by atoms with Crippen molar-refractivity contribution in [3.05, 3.63) is 40.4 Å². The summed E-state index contributed by atoms with van der Waals surface area (Å²) >= 11 is 13.4. The lowest BCUT2D eigenvalue weighted by Gasteiger charge is -2.18. The molecule has 2 amide bonds. The van der Waals surface area contributed by atoms with Crippen molar-refractivity contribution in [1.29, 1.82) is 0 Å². The second-order valence-corrected chi connectivity index (χ2v) is 7.20. The molecule has 127 valence electrons. The maximum atomic E-state index is 12.3. The van der Waals surface area contributed by atoms with E-state index in [9.17, 15) is 9.59 Å². The molecule has 1 atom stereocenters. The molecule has 0 saturated carbocycles. The third-order valence-electron chi connectivity index (χ3n) is 2.96. The van der Waals surface area contributed by atoms with Crippen molar-refractivity contribution in [2.24, 2.45) is 5.92 Å². The van der Waals surface area contributed by atoms with Crippen LogP contribution >= 0.6 is 35.0 Å².